The molecule has 0 radical (unpaired) electrons. The van der Waals surface area contributed by atoms with Gasteiger partial charge in [0, 0.05) is 19.1 Å². The monoisotopic (exact) mass is 399 g/mol. The van der Waals surface area contributed by atoms with E-state index in [1.54, 1.807) is 0 Å². The molecule has 3 aromatic carbocycles. The molecule has 30 heavy (non-hydrogen) atoms. The summed E-state index contributed by atoms with van der Waals surface area (Å²) in [5.74, 6) is 0.0593. The molecule has 4 nitrogen and oxygen atoms in total. The number of rotatable bonds is 7. The number of aliphatic hydroxyl groups is 1. The standard InChI is InChI=1S/C26H25NO3/c28-17-15-20-9-2-1-8-19(20)10-7-16-27-26(29)30-18-25-23-13-5-3-11-21(23)22-12-4-6-14-24(22)25/h1-14,25,28H,15-18H2,(H,27,29). The Kier molecular flexibility index (Phi) is 6.26. The Morgan fingerprint density at radius 1 is 0.933 bits per heavy atom. The van der Waals surface area contributed by atoms with Gasteiger partial charge in [-0.3, -0.25) is 0 Å². The lowest BCUT2D eigenvalue weighted by molar-refractivity contribution is 0.144. The van der Waals surface area contributed by atoms with Gasteiger partial charge >= 0.3 is 6.09 Å². The fraction of sp³-hybridized carbons (Fsp3) is 0.192. The van der Waals surface area contributed by atoms with E-state index in [-0.39, 0.29) is 12.5 Å². The third-order valence-corrected chi connectivity index (χ3v) is 5.44. The minimum Gasteiger partial charge on any atom is -0.449 e. The highest BCUT2D eigenvalue weighted by atomic mass is 16.5. The molecule has 0 aliphatic heterocycles. The van der Waals surface area contributed by atoms with Gasteiger partial charge in [-0.2, -0.15) is 0 Å². The first kappa shape index (κ1) is 19.9. The Bertz CT molecular complexity index is 1010. The lowest BCUT2D eigenvalue weighted by Crippen LogP contribution is -2.26. The van der Waals surface area contributed by atoms with Crippen molar-refractivity contribution in [1.29, 1.82) is 0 Å². The highest BCUT2D eigenvalue weighted by Crippen LogP contribution is 2.44. The molecule has 0 saturated heterocycles. The van der Waals surface area contributed by atoms with Crippen LogP contribution < -0.4 is 5.32 Å². The van der Waals surface area contributed by atoms with Crippen LogP contribution in [0, 0.1) is 0 Å². The van der Waals surface area contributed by atoms with Crippen molar-refractivity contribution in [2.24, 2.45) is 0 Å². The summed E-state index contributed by atoms with van der Waals surface area (Å²) in [5, 5.41) is 11.9. The van der Waals surface area contributed by atoms with E-state index in [0.717, 1.165) is 11.1 Å². The van der Waals surface area contributed by atoms with Crippen molar-refractivity contribution in [2.45, 2.75) is 12.3 Å². The minimum absolute atomic E-state index is 0.0593. The van der Waals surface area contributed by atoms with Crippen LogP contribution in [0.25, 0.3) is 17.2 Å². The van der Waals surface area contributed by atoms with Crippen LogP contribution in [0.1, 0.15) is 28.2 Å². The van der Waals surface area contributed by atoms with Gasteiger partial charge in [0.1, 0.15) is 6.61 Å². The zero-order valence-electron chi connectivity index (χ0n) is 16.8. The number of hydrogen-bond acceptors (Lipinski definition) is 3. The number of fused-ring (bicyclic) bond motifs is 3. The first-order valence-electron chi connectivity index (χ1n) is 10.2. The Morgan fingerprint density at radius 3 is 2.27 bits per heavy atom. The van der Waals surface area contributed by atoms with Crippen molar-refractivity contribution in [3.63, 3.8) is 0 Å². The van der Waals surface area contributed by atoms with Gasteiger partial charge in [0.25, 0.3) is 0 Å². The molecule has 0 saturated carbocycles. The van der Waals surface area contributed by atoms with E-state index in [1.165, 1.54) is 22.3 Å². The molecule has 0 atom stereocenters. The average molecular weight is 399 g/mol. The maximum atomic E-state index is 12.2. The van der Waals surface area contributed by atoms with Gasteiger partial charge in [0.05, 0.1) is 0 Å². The summed E-state index contributed by atoms with van der Waals surface area (Å²) in [4.78, 5) is 12.2. The summed E-state index contributed by atoms with van der Waals surface area (Å²) in [6.07, 6.45) is 4.03. The summed E-state index contributed by atoms with van der Waals surface area (Å²) in [6, 6.07) is 24.5. The second kappa shape index (κ2) is 9.42. The molecule has 0 aromatic heterocycles. The van der Waals surface area contributed by atoms with Gasteiger partial charge in [0.2, 0.25) is 0 Å². The molecule has 4 rings (SSSR count). The van der Waals surface area contributed by atoms with E-state index in [4.69, 9.17) is 9.84 Å². The Morgan fingerprint density at radius 2 is 1.57 bits per heavy atom. The quantitative estimate of drug-likeness (QED) is 0.601. The number of amides is 1. The van der Waals surface area contributed by atoms with Crippen LogP contribution in [0.4, 0.5) is 4.79 Å². The Balaban J connectivity index is 1.33. The molecular formula is C26H25NO3. The predicted octanol–water partition coefficient (Wildman–Crippen LogP) is 4.77. The first-order chi connectivity index (χ1) is 14.8. The van der Waals surface area contributed by atoms with Crippen molar-refractivity contribution in [2.75, 3.05) is 19.8 Å². The lowest BCUT2D eigenvalue weighted by atomic mass is 9.98. The van der Waals surface area contributed by atoms with Crippen LogP contribution in [0.3, 0.4) is 0 Å². The van der Waals surface area contributed by atoms with Crippen molar-refractivity contribution >= 4 is 12.2 Å². The second-order valence-corrected chi connectivity index (χ2v) is 7.28. The van der Waals surface area contributed by atoms with Crippen molar-refractivity contribution in [3.8, 4) is 11.1 Å². The number of carbonyl (C=O) groups is 1. The fourth-order valence-corrected chi connectivity index (χ4v) is 4.02. The number of alkyl carbamates (subject to hydrolysis) is 1. The number of ether oxygens (including phenoxy) is 1. The number of hydrogen-bond donors (Lipinski definition) is 2. The first-order valence-corrected chi connectivity index (χ1v) is 10.2. The summed E-state index contributed by atoms with van der Waals surface area (Å²) in [6.45, 7) is 0.801. The molecule has 2 N–H and O–H groups in total. The summed E-state index contributed by atoms with van der Waals surface area (Å²) in [5.41, 5.74) is 6.95. The lowest BCUT2D eigenvalue weighted by Gasteiger charge is -2.14. The van der Waals surface area contributed by atoms with Gasteiger partial charge in [-0.05, 0) is 39.8 Å². The molecule has 0 heterocycles. The van der Waals surface area contributed by atoms with Crippen molar-refractivity contribution < 1.29 is 14.6 Å². The molecule has 0 spiro atoms. The van der Waals surface area contributed by atoms with Crippen molar-refractivity contribution in [3.05, 3.63) is 101 Å². The van der Waals surface area contributed by atoms with E-state index >= 15 is 0 Å². The van der Waals surface area contributed by atoms with Crippen LogP contribution in [-0.4, -0.2) is 31.0 Å². The minimum atomic E-state index is -0.426. The molecule has 1 aliphatic rings. The molecule has 0 fully saturated rings. The number of aliphatic hydroxyl groups excluding tert-OH is 1. The normalized spacial score (nSPS) is 12.6. The van der Waals surface area contributed by atoms with E-state index in [2.05, 4.69) is 29.6 Å². The predicted molar refractivity (Wildman–Crippen MR) is 119 cm³/mol. The summed E-state index contributed by atoms with van der Waals surface area (Å²) < 4.78 is 5.54. The number of benzene rings is 3. The third-order valence-electron chi connectivity index (χ3n) is 5.44. The van der Waals surface area contributed by atoms with E-state index < -0.39 is 6.09 Å². The second-order valence-electron chi connectivity index (χ2n) is 7.28. The molecule has 0 unspecified atom stereocenters. The molecule has 0 bridgehead atoms. The maximum absolute atomic E-state index is 12.2. The van der Waals surface area contributed by atoms with Gasteiger partial charge < -0.3 is 15.2 Å². The third kappa shape index (κ3) is 4.29. The molecule has 1 aliphatic carbocycles. The number of nitrogens with one attached hydrogen (secondary N) is 1. The fourth-order valence-electron chi connectivity index (χ4n) is 4.02. The van der Waals surface area contributed by atoms with Gasteiger partial charge in [-0.15, -0.1) is 0 Å². The maximum Gasteiger partial charge on any atom is 0.407 e. The number of carbonyl (C=O) groups excluding carboxylic acids is 1. The van der Waals surface area contributed by atoms with Crippen LogP contribution in [0.5, 0.6) is 0 Å². The van der Waals surface area contributed by atoms with Crippen LogP contribution in [-0.2, 0) is 11.2 Å². The largest absolute Gasteiger partial charge is 0.449 e. The topological polar surface area (TPSA) is 58.6 Å². The highest BCUT2D eigenvalue weighted by Gasteiger charge is 2.28. The van der Waals surface area contributed by atoms with E-state index in [0.29, 0.717) is 19.6 Å². The summed E-state index contributed by atoms with van der Waals surface area (Å²) >= 11 is 0. The molecule has 1 amide bonds. The van der Waals surface area contributed by atoms with Crippen LogP contribution in [0.2, 0.25) is 0 Å². The van der Waals surface area contributed by atoms with Gasteiger partial charge in [0.15, 0.2) is 0 Å². The molecule has 4 heteroatoms. The van der Waals surface area contributed by atoms with E-state index in [9.17, 15) is 4.79 Å². The van der Waals surface area contributed by atoms with Gasteiger partial charge in [-0.1, -0.05) is 84.9 Å². The van der Waals surface area contributed by atoms with Gasteiger partial charge in [-0.25, -0.2) is 4.79 Å². The Hall–Kier alpha value is -3.37. The molecule has 152 valence electrons. The SMILES string of the molecule is O=C(NCC=Cc1ccccc1CCO)OCC1c2ccccc2-c2ccccc21. The van der Waals surface area contributed by atoms with E-state index in [1.807, 2.05) is 60.7 Å². The smallest absolute Gasteiger partial charge is 0.407 e. The average Bonchev–Trinajstić information content (AvgIpc) is 3.10. The highest BCUT2D eigenvalue weighted by molar-refractivity contribution is 5.79. The Labute approximate surface area is 176 Å². The van der Waals surface area contributed by atoms with Crippen LogP contribution in [0.15, 0.2) is 78.9 Å². The zero-order valence-corrected chi connectivity index (χ0v) is 16.8. The van der Waals surface area contributed by atoms with Crippen molar-refractivity contribution in [1.82, 2.24) is 5.32 Å². The summed E-state index contributed by atoms with van der Waals surface area (Å²) in [7, 11) is 0. The zero-order chi connectivity index (χ0) is 20.8. The van der Waals surface area contributed by atoms with Crippen LogP contribution >= 0.6 is 0 Å². The molecule has 3 aromatic rings. The molecular weight excluding hydrogens is 374 g/mol.